The number of ether oxygens (including phenoxy) is 1. The summed E-state index contributed by atoms with van der Waals surface area (Å²) in [6.45, 7) is 3.49. The Morgan fingerprint density at radius 2 is 2.12 bits per heavy atom. The molecule has 1 aromatic rings. The molecule has 17 heavy (non-hydrogen) atoms. The number of carbonyl (C=O) groups is 1. The molecule has 1 saturated carbocycles. The molecule has 1 aliphatic rings. The molecule has 2 unspecified atom stereocenters. The van der Waals surface area contributed by atoms with Gasteiger partial charge in [-0.1, -0.05) is 18.2 Å². The fourth-order valence-electron chi connectivity index (χ4n) is 2.55. The van der Waals surface area contributed by atoms with E-state index in [1.807, 2.05) is 37.3 Å². The Labute approximate surface area is 102 Å². The van der Waals surface area contributed by atoms with E-state index in [1.54, 1.807) is 0 Å². The van der Waals surface area contributed by atoms with Crippen molar-refractivity contribution in [2.45, 2.75) is 44.8 Å². The molecular weight excluding hydrogens is 214 g/mol. The minimum absolute atomic E-state index is 0.200. The summed E-state index contributed by atoms with van der Waals surface area (Å²) >= 11 is 0. The molecule has 92 valence electrons. The SMILES string of the molecule is CC(=O)OC1(C)CCCC1Nc1ccccc1. The normalized spacial score (nSPS) is 27.8. The third-order valence-corrected chi connectivity index (χ3v) is 3.39. The van der Waals surface area contributed by atoms with Gasteiger partial charge >= 0.3 is 5.97 Å². The molecule has 3 heteroatoms. The predicted octanol–water partition coefficient (Wildman–Crippen LogP) is 2.97. The molecule has 1 aliphatic carbocycles. The van der Waals surface area contributed by atoms with Crippen LogP contribution in [-0.4, -0.2) is 17.6 Å². The monoisotopic (exact) mass is 233 g/mol. The Balaban J connectivity index is 2.07. The molecule has 0 bridgehead atoms. The third kappa shape index (κ3) is 2.78. The lowest BCUT2D eigenvalue weighted by Crippen LogP contribution is -2.43. The van der Waals surface area contributed by atoms with Gasteiger partial charge in [0.25, 0.3) is 0 Å². The maximum Gasteiger partial charge on any atom is 0.303 e. The first-order chi connectivity index (χ1) is 8.10. The summed E-state index contributed by atoms with van der Waals surface area (Å²) in [5, 5.41) is 3.46. The van der Waals surface area contributed by atoms with Crippen LogP contribution in [0.1, 0.15) is 33.1 Å². The van der Waals surface area contributed by atoms with Gasteiger partial charge in [0.1, 0.15) is 5.60 Å². The summed E-state index contributed by atoms with van der Waals surface area (Å²) in [5.41, 5.74) is 0.708. The second kappa shape index (κ2) is 4.78. The van der Waals surface area contributed by atoms with Crippen molar-refractivity contribution in [1.82, 2.24) is 0 Å². The molecule has 1 N–H and O–H groups in total. The van der Waals surface area contributed by atoms with Crippen LogP contribution in [0.3, 0.4) is 0 Å². The number of para-hydroxylation sites is 1. The standard InChI is InChI=1S/C14H19NO2/c1-11(16)17-14(2)10-6-9-13(14)15-12-7-4-3-5-8-12/h3-5,7-8,13,15H,6,9-10H2,1-2H3. The van der Waals surface area contributed by atoms with E-state index in [1.165, 1.54) is 6.92 Å². The topological polar surface area (TPSA) is 38.3 Å². The van der Waals surface area contributed by atoms with E-state index < -0.39 is 0 Å². The van der Waals surface area contributed by atoms with Crippen LogP contribution in [0.5, 0.6) is 0 Å². The van der Waals surface area contributed by atoms with E-state index >= 15 is 0 Å². The van der Waals surface area contributed by atoms with Crippen LogP contribution in [0, 0.1) is 0 Å². The molecule has 2 atom stereocenters. The van der Waals surface area contributed by atoms with Gasteiger partial charge in [0, 0.05) is 12.6 Å². The van der Waals surface area contributed by atoms with Crippen LogP contribution in [0.2, 0.25) is 0 Å². The maximum absolute atomic E-state index is 11.2. The minimum atomic E-state index is -0.373. The van der Waals surface area contributed by atoms with Crippen molar-refractivity contribution in [2.75, 3.05) is 5.32 Å². The van der Waals surface area contributed by atoms with Gasteiger partial charge in [0.2, 0.25) is 0 Å². The van der Waals surface area contributed by atoms with E-state index in [-0.39, 0.29) is 17.6 Å². The van der Waals surface area contributed by atoms with Crippen LogP contribution in [0.15, 0.2) is 30.3 Å². The number of rotatable bonds is 3. The largest absolute Gasteiger partial charge is 0.457 e. The Kier molecular flexibility index (Phi) is 3.36. The summed E-state index contributed by atoms with van der Waals surface area (Å²) in [5.74, 6) is -0.200. The van der Waals surface area contributed by atoms with Crippen molar-refractivity contribution < 1.29 is 9.53 Å². The zero-order valence-electron chi connectivity index (χ0n) is 10.4. The Bertz CT molecular complexity index is 390. The summed E-state index contributed by atoms with van der Waals surface area (Å²) in [6, 6.07) is 10.3. The minimum Gasteiger partial charge on any atom is -0.457 e. The highest BCUT2D eigenvalue weighted by molar-refractivity contribution is 5.66. The first kappa shape index (κ1) is 12.0. The molecule has 0 radical (unpaired) electrons. The van der Waals surface area contributed by atoms with Crippen molar-refractivity contribution in [3.05, 3.63) is 30.3 Å². The summed E-state index contributed by atoms with van der Waals surface area (Å²) in [4.78, 5) is 11.2. The number of hydrogen-bond donors (Lipinski definition) is 1. The molecule has 0 aliphatic heterocycles. The highest BCUT2D eigenvalue weighted by atomic mass is 16.6. The average Bonchev–Trinajstić information content (AvgIpc) is 2.60. The molecule has 0 heterocycles. The van der Waals surface area contributed by atoms with Crippen LogP contribution in [0.4, 0.5) is 5.69 Å². The van der Waals surface area contributed by atoms with Crippen LogP contribution < -0.4 is 5.32 Å². The summed E-state index contributed by atoms with van der Waals surface area (Å²) in [6.07, 6.45) is 3.06. The van der Waals surface area contributed by atoms with Gasteiger partial charge in [-0.3, -0.25) is 4.79 Å². The molecule has 1 fully saturated rings. The van der Waals surface area contributed by atoms with Gasteiger partial charge in [-0.05, 0) is 38.3 Å². The number of hydrogen-bond acceptors (Lipinski definition) is 3. The molecular formula is C14H19NO2. The van der Waals surface area contributed by atoms with Gasteiger partial charge in [0.15, 0.2) is 0 Å². The zero-order valence-corrected chi connectivity index (χ0v) is 10.4. The third-order valence-electron chi connectivity index (χ3n) is 3.39. The number of anilines is 1. The van der Waals surface area contributed by atoms with Crippen LogP contribution in [-0.2, 0) is 9.53 Å². The summed E-state index contributed by atoms with van der Waals surface area (Å²) < 4.78 is 5.48. The quantitative estimate of drug-likeness (QED) is 0.816. The van der Waals surface area contributed by atoms with E-state index in [4.69, 9.17) is 4.74 Å². The second-order valence-corrected chi connectivity index (χ2v) is 4.86. The Morgan fingerprint density at radius 3 is 2.76 bits per heavy atom. The van der Waals surface area contributed by atoms with Gasteiger partial charge < -0.3 is 10.1 Å². The van der Waals surface area contributed by atoms with E-state index in [0.717, 1.165) is 24.9 Å². The van der Waals surface area contributed by atoms with Crippen molar-refractivity contribution in [2.24, 2.45) is 0 Å². The van der Waals surface area contributed by atoms with Gasteiger partial charge in [-0.15, -0.1) is 0 Å². The Hall–Kier alpha value is -1.51. The fraction of sp³-hybridized carbons (Fsp3) is 0.500. The molecule has 0 spiro atoms. The first-order valence-corrected chi connectivity index (χ1v) is 6.11. The van der Waals surface area contributed by atoms with Gasteiger partial charge in [-0.25, -0.2) is 0 Å². The van der Waals surface area contributed by atoms with E-state index in [0.29, 0.717) is 0 Å². The number of esters is 1. The van der Waals surface area contributed by atoms with Crippen molar-refractivity contribution in [3.63, 3.8) is 0 Å². The number of benzene rings is 1. The maximum atomic E-state index is 11.2. The van der Waals surface area contributed by atoms with Gasteiger partial charge in [-0.2, -0.15) is 0 Å². The molecule has 0 aromatic heterocycles. The molecule has 0 saturated heterocycles. The molecule has 2 rings (SSSR count). The lowest BCUT2D eigenvalue weighted by atomic mass is 9.99. The highest BCUT2D eigenvalue weighted by Gasteiger charge is 2.41. The fourth-order valence-corrected chi connectivity index (χ4v) is 2.55. The first-order valence-electron chi connectivity index (χ1n) is 6.11. The van der Waals surface area contributed by atoms with Gasteiger partial charge in [0.05, 0.1) is 6.04 Å². The number of carbonyl (C=O) groups excluding carboxylic acids is 1. The lowest BCUT2D eigenvalue weighted by molar-refractivity contribution is -0.155. The zero-order chi connectivity index (χ0) is 12.3. The Morgan fingerprint density at radius 1 is 1.41 bits per heavy atom. The van der Waals surface area contributed by atoms with Crippen LogP contribution in [0.25, 0.3) is 0 Å². The molecule has 1 aromatic carbocycles. The highest BCUT2D eigenvalue weighted by Crippen LogP contribution is 2.35. The van der Waals surface area contributed by atoms with E-state index in [2.05, 4.69) is 5.32 Å². The van der Waals surface area contributed by atoms with E-state index in [9.17, 15) is 4.79 Å². The predicted molar refractivity (Wildman–Crippen MR) is 67.9 cm³/mol. The molecule has 3 nitrogen and oxygen atoms in total. The lowest BCUT2D eigenvalue weighted by Gasteiger charge is -2.32. The summed E-state index contributed by atoms with van der Waals surface area (Å²) in [7, 11) is 0. The van der Waals surface area contributed by atoms with Crippen molar-refractivity contribution in [1.29, 1.82) is 0 Å². The average molecular weight is 233 g/mol. The van der Waals surface area contributed by atoms with Crippen molar-refractivity contribution >= 4 is 11.7 Å². The molecule has 0 amide bonds. The number of nitrogens with one attached hydrogen (secondary N) is 1. The van der Waals surface area contributed by atoms with Crippen LogP contribution >= 0.6 is 0 Å². The van der Waals surface area contributed by atoms with Crippen molar-refractivity contribution in [3.8, 4) is 0 Å². The smallest absolute Gasteiger partial charge is 0.303 e. The second-order valence-electron chi connectivity index (χ2n) is 4.86.